The summed E-state index contributed by atoms with van der Waals surface area (Å²) >= 11 is 0. The molecule has 0 spiro atoms. The number of hydrogen-bond donors (Lipinski definition) is 3. The molecule has 0 aliphatic heterocycles. The summed E-state index contributed by atoms with van der Waals surface area (Å²) in [4.78, 5) is 17.2. The number of rotatable bonds is 8. The van der Waals surface area contributed by atoms with Crippen molar-refractivity contribution in [1.82, 2.24) is 10.3 Å². The summed E-state index contributed by atoms with van der Waals surface area (Å²) < 4.78 is 5.43. The van der Waals surface area contributed by atoms with Gasteiger partial charge in [-0.05, 0) is 56.2 Å². The van der Waals surface area contributed by atoms with Crippen molar-refractivity contribution in [3.05, 3.63) is 77.5 Å². The van der Waals surface area contributed by atoms with Crippen molar-refractivity contribution in [2.75, 3.05) is 24.7 Å². The fraction of sp³-hybridized carbons (Fsp3) is 0.280. The van der Waals surface area contributed by atoms with Gasteiger partial charge in [0.2, 0.25) is 0 Å². The molecule has 2 aromatic carbocycles. The van der Waals surface area contributed by atoms with Crippen LogP contribution in [0, 0.1) is 6.92 Å². The molecule has 6 nitrogen and oxygen atoms in total. The number of anilines is 2. The maximum Gasteiger partial charge on any atom is 0.255 e. The number of carbonyl (C=O) groups excluding carboxylic acids is 1. The van der Waals surface area contributed by atoms with Crippen LogP contribution in [0.3, 0.4) is 0 Å². The lowest BCUT2D eigenvalue weighted by atomic mass is 10.0. The number of amides is 1. The summed E-state index contributed by atoms with van der Waals surface area (Å²) in [5.74, 6) is -0.200. The van der Waals surface area contributed by atoms with E-state index in [9.17, 15) is 4.79 Å². The summed E-state index contributed by atoms with van der Waals surface area (Å²) in [5, 5.41) is 6.25. The number of nitrogens with one attached hydrogen (secondary N) is 2. The molecule has 1 amide bonds. The number of pyridine rings is 1. The molecule has 31 heavy (non-hydrogen) atoms. The lowest BCUT2D eigenvalue weighted by Crippen LogP contribution is -2.36. The van der Waals surface area contributed by atoms with E-state index in [2.05, 4.69) is 21.7 Å². The zero-order valence-electron chi connectivity index (χ0n) is 18.5. The molecule has 1 heterocycles. The van der Waals surface area contributed by atoms with Crippen LogP contribution in [0.1, 0.15) is 35.3 Å². The van der Waals surface area contributed by atoms with E-state index in [1.807, 2.05) is 51.2 Å². The van der Waals surface area contributed by atoms with Gasteiger partial charge in [-0.3, -0.25) is 9.78 Å². The van der Waals surface area contributed by atoms with E-state index in [0.29, 0.717) is 16.9 Å². The summed E-state index contributed by atoms with van der Waals surface area (Å²) in [5.41, 5.74) is 11.5. The third-order valence-corrected chi connectivity index (χ3v) is 5.20. The molecule has 0 unspecified atom stereocenters. The van der Waals surface area contributed by atoms with Gasteiger partial charge in [-0.2, -0.15) is 0 Å². The minimum Gasteiger partial charge on any atom is -0.397 e. The topological polar surface area (TPSA) is 89.3 Å². The van der Waals surface area contributed by atoms with Gasteiger partial charge < -0.3 is 21.1 Å². The first-order valence-corrected chi connectivity index (χ1v) is 10.3. The molecule has 0 saturated heterocycles. The van der Waals surface area contributed by atoms with E-state index < -0.39 is 0 Å². The number of para-hydroxylation sites is 2. The van der Waals surface area contributed by atoms with E-state index in [1.54, 1.807) is 31.4 Å². The molecule has 0 aliphatic rings. The Balaban J connectivity index is 1.66. The van der Waals surface area contributed by atoms with Crippen LogP contribution in [-0.4, -0.2) is 30.1 Å². The Hall–Kier alpha value is -3.22. The van der Waals surface area contributed by atoms with Gasteiger partial charge in [-0.1, -0.05) is 30.3 Å². The molecule has 1 aromatic heterocycles. The highest BCUT2D eigenvalue weighted by atomic mass is 16.5. The first-order valence-electron chi connectivity index (χ1n) is 10.3. The minimum atomic E-state index is -0.206. The predicted molar refractivity (Wildman–Crippen MR) is 126 cm³/mol. The van der Waals surface area contributed by atoms with Crippen molar-refractivity contribution >= 4 is 17.3 Å². The monoisotopic (exact) mass is 418 g/mol. The highest BCUT2D eigenvalue weighted by Gasteiger charge is 2.15. The van der Waals surface area contributed by atoms with Crippen LogP contribution in [0.2, 0.25) is 0 Å². The number of aromatic nitrogens is 1. The molecule has 0 saturated carbocycles. The number of carbonyl (C=O) groups is 1. The summed E-state index contributed by atoms with van der Waals surface area (Å²) in [6.45, 7) is 7.62. The van der Waals surface area contributed by atoms with Crippen LogP contribution in [0.15, 0.2) is 60.8 Å². The maximum absolute atomic E-state index is 12.5. The molecular formula is C25H30N4O2. The van der Waals surface area contributed by atoms with Gasteiger partial charge in [-0.25, -0.2) is 0 Å². The number of nitrogens with zero attached hydrogens (tertiary/aromatic N) is 1. The smallest absolute Gasteiger partial charge is 0.255 e. The van der Waals surface area contributed by atoms with E-state index in [4.69, 9.17) is 10.5 Å². The molecule has 162 valence electrons. The Morgan fingerprint density at radius 1 is 1.13 bits per heavy atom. The maximum atomic E-state index is 12.5. The van der Waals surface area contributed by atoms with Gasteiger partial charge >= 0.3 is 0 Å². The fourth-order valence-corrected chi connectivity index (χ4v) is 3.20. The first-order chi connectivity index (χ1) is 14.8. The fourth-order valence-electron chi connectivity index (χ4n) is 3.20. The number of aryl methyl sites for hydroxylation is 1. The summed E-state index contributed by atoms with van der Waals surface area (Å²) in [6.07, 6.45) is 1.88. The van der Waals surface area contributed by atoms with E-state index >= 15 is 0 Å². The minimum absolute atomic E-state index is 0.200. The number of ether oxygens (including phenoxy) is 1. The van der Waals surface area contributed by atoms with Gasteiger partial charge in [-0.15, -0.1) is 0 Å². The SMILES string of the molecule is COC(C)(C)CNCc1cnc(-c2ccc(C(=O)Nc3ccccc3N)cc2)c(C)c1. The Bertz CT molecular complexity index is 1050. The lowest BCUT2D eigenvalue weighted by Gasteiger charge is -2.23. The van der Waals surface area contributed by atoms with Crippen molar-refractivity contribution < 1.29 is 9.53 Å². The van der Waals surface area contributed by atoms with E-state index in [1.165, 1.54) is 0 Å². The second-order valence-corrected chi connectivity index (χ2v) is 8.20. The average molecular weight is 419 g/mol. The number of hydrogen-bond acceptors (Lipinski definition) is 5. The van der Waals surface area contributed by atoms with E-state index in [-0.39, 0.29) is 11.5 Å². The van der Waals surface area contributed by atoms with Crippen molar-refractivity contribution in [2.24, 2.45) is 0 Å². The van der Waals surface area contributed by atoms with Crippen LogP contribution >= 0.6 is 0 Å². The Morgan fingerprint density at radius 3 is 2.48 bits per heavy atom. The van der Waals surface area contributed by atoms with Crippen LogP contribution in [0.5, 0.6) is 0 Å². The Labute approximate surface area is 183 Å². The Morgan fingerprint density at radius 2 is 1.84 bits per heavy atom. The zero-order chi connectivity index (χ0) is 22.4. The first kappa shape index (κ1) is 22.5. The molecule has 0 fully saturated rings. The molecule has 3 rings (SSSR count). The largest absolute Gasteiger partial charge is 0.397 e. The second kappa shape index (κ2) is 9.73. The van der Waals surface area contributed by atoms with Crippen molar-refractivity contribution in [2.45, 2.75) is 32.9 Å². The highest BCUT2D eigenvalue weighted by molar-refractivity contribution is 6.05. The van der Waals surface area contributed by atoms with Crippen LogP contribution in [-0.2, 0) is 11.3 Å². The van der Waals surface area contributed by atoms with Gasteiger partial charge in [0.15, 0.2) is 0 Å². The zero-order valence-corrected chi connectivity index (χ0v) is 18.5. The van der Waals surface area contributed by atoms with Crippen LogP contribution in [0.4, 0.5) is 11.4 Å². The molecule has 6 heteroatoms. The molecule has 4 N–H and O–H groups in total. The van der Waals surface area contributed by atoms with Crippen LogP contribution in [0.25, 0.3) is 11.3 Å². The third-order valence-electron chi connectivity index (χ3n) is 5.20. The Kier molecular flexibility index (Phi) is 7.05. The van der Waals surface area contributed by atoms with Gasteiger partial charge in [0, 0.05) is 37.5 Å². The number of benzene rings is 2. The second-order valence-electron chi connectivity index (χ2n) is 8.20. The van der Waals surface area contributed by atoms with Crippen molar-refractivity contribution in [3.63, 3.8) is 0 Å². The standard InChI is InChI=1S/C25H30N4O2/c1-17-13-18(14-27-16-25(2,3)31-4)15-28-23(17)19-9-11-20(12-10-19)24(30)29-22-8-6-5-7-21(22)26/h5-13,15,27H,14,16,26H2,1-4H3,(H,29,30). The lowest BCUT2D eigenvalue weighted by molar-refractivity contribution is 0.0230. The molecule has 3 aromatic rings. The third kappa shape index (κ3) is 5.90. The van der Waals surface area contributed by atoms with Gasteiger partial charge in [0.1, 0.15) is 0 Å². The summed E-state index contributed by atoms with van der Waals surface area (Å²) in [6, 6.07) is 16.8. The van der Waals surface area contributed by atoms with Gasteiger partial charge in [0.25, 0.3) is 5.91 Å². The van der Waals surface area contributed by atoms with Crippen LogP contribution < -0.4 is 16.4 Å². The summed E-state index contributed by atoms with van der Waals surface area (Å²) in [7, 11) is 1.72. The van der Waals surface area contributed by atoms with Crippen molar-refractivity contribution in [3.8, 4) is 11.3 Å². The average Bonchev–Trinajstić information content (AvgIpc) is 2.75. The predicted octanol–water partition coefficient (Wildman–Crippen LogP) is 4.41. The molecular weight excluding hydrogens is 388 g/mol. The molecule has 0 atom stereocenters. The number of nitrogen functional groups attached to an aromatic ring is 1. The molecule has 0 bridgehead atoms. The number of nitrogens with two attached hydrogens (primary N) is 1. The van der Waals surface area contributed by atoms with E-state index in [0.717, 1.165) is 35.5 Å². The quantitative estimate of drug-likeness (QED) is 0.472. The van der Waals surface area contributed by atoms with Crippen molar-refractivity contribution in [1.29, 1.82) is 0 Å². The number of methoxy groups -OCH3 is 1. The van der Waals surface area contributed by atoms with Gasteiger partial charge in [0.05, 0.1) is 22.7 Å². The molecule has 0 radical (unpaired) electrons. The molecule has 0 aliphatic carbocycles. The highest BCUT2D eigenvalue weighted by Crippen LogP contribution is 2.23. The normalized spacial score (nSPS) is 11.4.